The number of hydrogen-bond donors (Lipinski definition) is 1. The minimum atomic E-state index is -0.0746. The van der Waals surface area contributed by atoms with Crippen molar-refractivity contribution in [1.82, 2.24) is 30.0 Å². The minimum Gasteiger partial charge on any atom is -0.354 e. The molecule has 0 bridgehead atoms. The van der Waals surface area contributed by atoms with Crippen molar-refractivity contribution in [1.29, 1.82) is 0 Å². The average Bonchev–Trinajstić information content (AvgIpc) is 3.14. The van der Waals surface area contributed by atoms with Crippen molar-refractivity contribution in [3.8, 4) is 0 Å². The van der Waals surface area contributed by atoms with Crippen LogP contribution in [0.25, 0.3) is 0 Å². The molecule has 1 saturated heterocycles. The largest absolute Gasteiger partial charge is 0.354 e. The van der Waals surface area contributed by atoms with Gasteiger partial charge in [-0.25, -0.2) is 9.97 Å². The number of carbonyl (C=O) groups is 1. The van der Waals surface area contributed by atoms with Crippen LogP contribution in [0.5, 0.6) is 0 Å². The molecule has 0 saturated carbocycles. The van der Waals surface area contributed by atoms with Crippen LogP contribution in [0, 0.1) is 0 Å². The van der Waals surface area contributed by atoms with Crippen LogP contribution in [0.4, 0.5) is 5.82 Å². The first-order valence-corrected chi connectivity index (χ1v) is 8.30. The number of aromatic nitrogens is 4. The molecule has 1 amide bonds. The molecule has 2 aromatic rings. The van der Waals surface area contributed by atoms with Gasteiger partial charge in [0.05, 0.1) is 12.1 Å². The molecule has 0 atom stereocenters. The SMILES string of the molecule is CCNC(=O)c1ccc(N2CCN(CCn3cncn3)CC2)nc1. The fraction of sp³-hybridized carbons (Fsp3) is 0.500. The summed E-state index contributed by atoms with van der Waals surface area (Å²) in [5.41, 5.74) is 0.604. The summed E-state index contributed by atoms with van der Waals surface area (Å²) in [6.45, 7) is 8.22. The van der Waals surface area contributed by atoms with Crippen LogP contribution in [0.1, 0.15) is 17.3 Å². The van der Waals surface area contributed by atoms with Crippen molar-refractivity contribution in [3.05, 3.63) is 36.5 Å². The third-order valence-electron chi connectivity index (χ3n) is 4.16. The van der Waals surface area contributed by atoms with Crippen LogP contribution in [-0.2, 0) is 6.54 Å². The van der Waals surface area contributed by atoms with Crippen LogP contribution in [0.3, 0.4) is 0 Å². The van der Waals surface area contributed by atoms with E-state index in [-0.39, 0.29) is 5.91 Å². The second-order valence-corrected chi connectivity index (χ2v) is 5.75. The van der Waals surface area contributed by atoms with Crippen molar-refractivity contribution in [2.24, 2.45) is 0 Å². The monoisotopic (exact) mass is 329 g/mol. The summed E-state index contributed by atoms with van der Waals surface area (Å²) < 4.78 is 1.86. The highest BCUT2D eigenvalue weighted by Gasteiger charge is 2.18. The molecule has 0 spiro atoms. The highest BCUT2D eigenvalue weighted by Crippen LogP contribution is 2.14. The summed E-state index contributed by atoms with van der Waals surface area (Å²) in [7, 11) is 0. The average molecular weight is 329 g/mol. The Bertz CT molecular complexity index is 633. The minimum absolute atomic E-state index is 0.0746. The van der Waals surface area contributed by atoms with Crippen molar-refractivity contribution in [2.45, 2.75) is 13.5 Å². The number of pyridine rings is 1. The molecule has 3 heterocycles. The summed E-state index contributed by atoms with van der Waals surface area (Å²) in [5, 5.41) is 6.91. The lowest BCUT2D eigenvalue weighted by Gasteiger charge is -2.35. The topological polar surface area (TPSA) is 79.2 Å². The fourth-order valence-electron chi connectivity index (χ4n) is 2.76. The quantitative estimate of drug-likeness (QED) is 0.818. The smallest absolute Gasteiger partial charge is 0.252 e. The third kappa shape index (κ3) is 4.08. The fourth-order valence-corrected chi connectivity index (χ4v) is 2.76. The van der Waals surface area contributed by atoms with E-state index >= 15 is 0 Å². The van der Waals surface area contributed by atoms with Crippen LogP contribution in [0.15, 0.2) is 31.0 Å². The van der Waals surface area contributed by atoms with E-state index < -0.39 is 0 Å². The molecule has 3 rings (SSSR count). The molecule has 0 aromatic carbocycles. The zero-order chi connectivity index (χ0) is 16.8. The predicted molar refractivity (Wildman–Crippen MR) is 90.9 cm³/mol. The van der Waals surface area contributed by atoms with Crippen LogP contribution in [-0.4, -0.2) is 69.8 Å². The first-order chi connectivity index (χ1) is 11.8. The molecule has 1 N–H and O–H groups in total. The van der Waals surface area contributed by atoms with E-state index in [1.165, 1.54) is 0 Å². The first-order valence-electron chi connectivity index (χ1n) is 8.30. The van der Waals surface area contributed by atoms with Crippen LogP contribution >= 0.6 is 0 Å². The van der Waals surface area contributed by atoms with Crippen molar-refractivity contribution in [2.75, 3.05) is 44.2 Å². The van der Waals surface area contributed by atoms with Gasteiger partial charge >= 0.3 is 0 Å². The van der Waals surface area contributed by atoms with Crippen molar-refractivity contribution < 1.29 is 4.79 Å². The number of anilines is 1. The lowest BCUT2D eigenvalue weighted by molar-refractivity contribution is 0.0955. The van der Waals surface area contributed by atoms with Crippen molar-refractivity contribution >= 4 is 11.7 Å². The van der Waals surface area contributed by atoms with Gasteiger partial charge in [-0.1, -0.05) is 0 Å². The van der Waals surface area contributed by atoms with E-state index in [0.717, 1.165) is 45.1 Å². The molecule has 0 radical (unpaired) electrons. The third-order valence-corrected chi connectivity index (χ3v) is 4.16. The summed E-state index contributed by atoms with van der Waals surface area (Å²) >= 11 is 0. The van der Waals surface area contributed by atoms with E-state index in [4.69, 9.17) is 0 Å². The Labute approximate surface area is 141 Å². The molecule has 0 unspecified atom stereocenters. The Kier molecular flexibility index (Phi) is 5.37. The normalized spacial score (nSPS) is 15.5. The second kappa shape index (κ2) is 7.87. The maximum Gasteiger partial charge on any atom is 0.252 e. The Morgan fingerprint density at radius 3 is 2.67 bits per heavy atom. The second-order valence-electron chi connectivity index (χ2n) is 5.75. The Morgan fingerprint density at radius 1 is 1.21 bits per heavy atom. The van der Waals surface area contributed by atoms with Crippen molar-refractivity contribution in [3.63, 3.8) is 0 Å². The number of nitrogens with zero attached hydrogens (tertiary/aromatic N) is 6. The van der Waals surface area contributed by atoms with E-state index in [1.54, 1.807) is 18.9 Å². The number of amides is 1. The van der Waals surface area contributed by atoms with Gasteiger partial charge < -0.3 is 10.2 Å². The first kappa shape index (κ1) is 16.4. The molecule has 1 fully saturated rings. The maximum atomic E-state index is 11.8. The molecule has 1 aliphatic rings. The van der Waals surface area contributed by atoms with Gasteiger partial charge in [0.1, 0.15) is 18.5 Å². The molecular formula is C16H23N7O. The molecule has 8 nitrogen and oxygen atoms in total. The maximum absolute atomic E-state index is 11.8. The molecular weight excluding hydrogens is 306 g/mol. The van der Waals surface area contributed by atoms with Gasteiger partial charge in [0.25, 0.3) is 5.91 Å². The Balaban J connectivity index is 1.48. The predicted octanol–water partition coefficient (Wildman–Crippen LogP) is 0.245. The van der Waals surface area contributed by atoms with E-state index in [9.17, 15) is 4.79 Å². The van der Waals surface area contributed by atoms with Crippen LogP contribution < -0.4 is 10.2 Å². The van der Waals surface area contributed by atoms with Gasteiger partial charge in [-0.15, -0.1) is 0 Å². The highest BCUT2D eigenvalue weighted by atomic mass is 16.1. The van der Waals surface area contributed by atoms with Gasteiger partial charge in [-0.3, -0.25) is 14.4 Å². The lowest BCUT2D eigenvalue weighted by Crippen LogP contribution is -2.47. The summed E-state index contributed by atoms with van der Waals surface area (Å²) in [5.74, 6) is 0.855. The summed E-state index contributed by atoms with van der Waals surface area (Å²) in [4.78, 5) is 24.8. The highest BCUT2D eigenvalue weighted by molar-refractivity contribution is 5.93. The molecule has 8 heteroatoms. The number of carbonyl (C=O) groups excluding carboxylic acids is 1. The van der Waals surface area contributed by atoms with Gasteiger partial charge in [0.15, 0.2) is 0 Å². The number of hydrogen-bond acceptors (Lipinski definition) is 6. The summed E-state index contributed by atoms with van der Waals surface area (Å²) in [6, 6.07) is 3.76. The lowest BCUT2D eigenvalue weighted by atomic mass is 10.2. The Morgan fingerprint density at radius 2 is 2.04 bits per heavy atom. The molecule has 0 aliphatic carbocycles. The molecule has 2 aromatic heterocycles. The zero-order valence-electron chi connectivity index (χ0n) is 13.9. The number of nitrogens with one attached hydrogen (secondary N) is 1. The van der Waals surface area contributed by atoms with E-state index in [0.29, 0.717) is 12.1 Å². The molecule has 1 aliphatic heterocycles. The number of rotatable bonds is 6. The van der Waals surface area contributed by atoms with E-state index in [1.807, 2.05) is 23.7 Å². The molecule has 128 valence electrons. The summed E-state index contributed by atoms with van der Waals surface area (Å²) in [6.07, 6.45) is 4.96. The van der Waals surface area contributed by atoms with Gasteiger partial charge in [-0.2, -0.15) is 5.10 Å². The Hall–Kier alpha value is -2.48. The standard InChI is InChI=1S/C16H23N7O/c1-2-18-16(24)14-3-4-15(19-11-14)22-8-5-21(6-9-22)7-10-23-13-17-12-20-23/h3-4,11-13H,2,5-10H2,1H3,(H,18,24). The van der Waals surface area contributed by atoms with E-state index in [2.05, 4.69) is 30.2 Å². The van der Waals surface area contributed by atoms with Gasteiger partial charge in [0.2, 0.25) is 0 Å². The van der Waals surface area contributed by atoms with Crippen LogP contribution in [0.2, 0.25) is 0 Å². The zero-order valence-corrected chi connectivity index (χ0v) is 13.9. The molecule has 24 heavy (non-hydrogen) atoms. The van der Waals surface area contributed by atoms with Gasteiger partial charge in [-0.05, 0) is 19.1 Å². The number of piperazine rings is 1. The van der Waals surface area contributed by atoms with Gasteiger partial charge in [0, 0.05) is 45.5 Å².